The van der Waals surface area contributed by atoms with E-state index in [0.29, 0.717) is 23.7 Å². The lowest BCUT2D eigenvalue weighted by Crippen LogP contribution is -2.43. The van der Waals surface area contributed by atoms with Gasteiger partial charge in [0.2, 0.25) is 0 Å². The van der Waals surface area contributed by atoms with Crippen molar-refractivity contribution in [1.29, 1.82) is 0 Å². The van der Waals surface area contributed by atoms with E-state index < -0.39 is 10.1 Å². The van der Waals surface area contributed by atoms with Crippen LogP contribution in [0.3, 0.4) is 0 Å². The van der Waals surface area contributed by atoms with Gasteiger partial charge in [0, 0.05) is 24.7 Å². The molecule has 2 heterocycles. The largest absolute Gasteiger partial charge is 0.491 e. The zero-order valence-corrected chi connectivity index (χ0v) is 22.3. The van der Waals surface area contributed by atoms with Gasteiger partial charge in [-0.3, -0.25) is 0 Å². The molecule has 1 aromatic heterocycles. The number of nitrogens with zero attached hydrogens (tertiary/aromatic N) is 2. The van der Waals surface area contributed by atoms with Crippen LogP contribution in [0, 0.1) is 0 Å². The second kappa shape index (κ2) is 11.0. The molecule has 1 aliphatic rings. The lowest BCUT2D eigenvalue weighted by Gasteiger charge is -2.33. The molecule has 36 heavy (non-hydrogen) atoms. The Hall–Kier alpha value is -2.98. The first-order valence-electron chi connectivity index (χ1n) is 12.3. The maximum absolute atomic E-state index is 11.5. The van der Waals surface area contributed by atoms with Gasteiger partial charge in [0.05, 0.1) is 18.5 Å². The van der Waals surface area contributed by atoms with E-state index in [1.165, 1.54) is 0 Å². The summed E-state index contributed by atoms with van der Waals surface area (Å²) in [6, 6.07) is 11.5. The van der Waals surface area contributed by atoms with E-state index in [4.69, 9.17) is 23.1 Å². The van der Waals surface area contributed by atoms with Gasteiger partial charge < -0.3 is 28.3 Å². The predicted octanol–water partition coefficient (Wildman–Crippen LogP) is 4.50. The average Bonchev–Trinajstić information content (AvgIpc) is 3.19. The van der Waals surface area contributed by atoms with Gasteiger partial charge in [-0.05, 0) is 83.5 Å². The molecule has 0 spiro atoms. The van der Waals surface area contributed by atoms with Crippen LogP contribution >= 0.6 is 0 Å². The summed E-state index contributed by atoms with van der Waals surface area (Å²) in [6.45, 7) is 10.4. The smallest absolute Gasteiger partial charge is 0.306 e. The molecule has 1 saturated heterocycles. The zero-order chi connectivity index (χ0) is 25.9. The van der Waals surface area contributed by atoms with Gasteiger partial charge in [-0.1, -0.05) is 0 Å². The molecule has 2 aromatic carbocycles. The third-order valence-electron chi connectivity index (χ3n) is 5.63. The molecule has 1 N–H and O–H groups in total. The maximum Gasteiger partial charge on any atom is 0.306 e. The fourth-order valence-electron chi connectivity index (χ4n) is 4.31. The van der Waals surface area contributed by atoms with E-state index in [1.807, 2.05) is 45.9 Å². The van der Waals surface area contributed by atoms with E-state index in [1.54, 1.807) is 18.2 Å². The van der Waals surface area contributed by atoms with E-state index in [9.17, 15) is 8.42 Å². The van der Waals surface area contributed by atoms with Crippen molar-refractivity contribution >= 4 is 27.2 Å². The molecule has 0 unspecified atom stereocenters. The van der Waals surface area contributed by atoms with Gasteiger partial charge in [0.15, 0.2) is 5.58 Å². The molecule has 10 heteroatoms. The first-order valence-corrected chi connectivity index (χ1v) is 14.1. The Morgan fingerprint density at radius 2 is 1.64 bits per heavy atom. The average molecular weight is 518 g/mol. The van der Waals surface area contributed by atoms with E-state index >= 15 is 0 Å². The molecule has 0 aliphatic carbocycles. The van der Waals surface area contributed by atoms with Crippen LogP contribution in [0.15, 0.2) is 40.8 Å². The number of nitrogens with one attached hydrogen (secondary N) is 1. The SMILES string of the molecule is CC(C)Oc1cc(CN(c2nc3cc(OS(C)(=O)=O)ccc3o2)C2CCNCC2)cc(OC(C)C)c1. The molecule has 0 atom stereocenters. The third-order valence-corrected chi connectivity index (χ3v) is 6.12. The van der Waals surface area contributed by atoms with Crippen LogP contribution in [-0.2, 0) is 16.7 Å². The van der Waals surface area contributed by atoms with Crippen LogP contribution < -0.4 is 23.9 Å². The summed E-state index contributed by atoms with van der Waals surface area (Å²) < 4.78 is 46.3. The van der Waals surface area contributed by atoms with Crippen molar-refractivity contribution in [2.24, 2.45) is 0 Å². The molecule has 3 aromatic rings. The molecule has 196 valence electrons. The molecule has 1 aliphatic heterocycles. The number of piperidine rings is 1. The van der Waals surface area contributed by atoms with Crippen LogP contribution in [0.25, 0.3) is 11.1 Å². The molecule has 0 bridgehead atoms. The van der Waals surface area contributed by atoms with E-state index in [-0.39, 0.29) is 24.0 Å². The van der Waals surface area contributed by atoms with Crippen molar-refractivity contribution in [3.63, 3.8) is 0 Å². The second-order valence-corrected chi connectivity index (χ2v) is 11.2. The van der Waals surface area contributed by atoms with Crippen LogP contribution in [0.5, 0.6) is 17.2 Å². The Labute approximate surface area is 212 Å². The number of fused-ring (bicyclic) bond motifs is 1. The summed E-state index contributed by atoms with van der Waals surface area (Å²) in [5.41, 5.74) is 2.11. The number of hydrogen-bond acceptors (Lipinski definition) is 9. The van der Waals surface area contributed by atoms with Gasteiger partial charge in [0.25, 0.3) is 6.01 Å². The van der Waals surface area contributed by atoms with Crippen molar-refractivity contribution in [3.05, 3.63) is 42.0 Å². The molecule has 1 fully saturated rings. The molecular weight excluding hydrogens is 482 g/mol. The van der Waals surface area contributed by atoms with Gasteiger partial charge >= 0.3 is 10.1 Å². The zero-order valence-electron chi connectivity index (χ0n) is 21.5. The highest BCUT2D eigenvalue weighted by molar-refractivity contribution is 7.86. The van der Waals surface area contributed by atoms with Gasteiger partial charge in [-0.15, -0.1) is 0 Å². The molecule has 0 amide bonds. The summed E-state index contributed by atoms with van der Waals surface area (Å²) in [6.07, 6.45) is 2.97. The van der Waals surface area contributed by atoms with E-state index in [2.05, 4.69) is 10.2 Å². The Bertz CT molecular complexity index is 1250. The van der Waals surface area contributed by atoms with E-state index in [0.717, 1.165) is 49.2 Å². The highest BCUT2D eigenvalue weighted by atomic mass is 32.2. The maximum atomic E-state index is 11.5. The first-order chi connectivity index (χ1) is 17.1. The lowest BCUT2D eigenvalue weighted by molar-refractivity contribution is 0.228. The van der Waals surface area contributed by atoms with Crippen LogP contribution in [0.2, 0.25) is 0 Å². The third kappa shape index (κ3) is 7.04. The number of anilines is 1. The Morgan fingerprint density at radius 1 is 1.00 bits per heavy atom. The highest BCUT2D eigenvalue weighted by Gasteiger charge is 2.26. The van der Waals surface area contributed by atoms with Crippen LogP contribution in [0.1, 0.15) is 46.1 Å². The minimum atomic E-state index is -3.64. The predicted molar refractivity (Wildman–Crippen MR) is 140 cm³/mol. The fourth-order valence-corrected chi connectivity index (χ4v) is 4.77. The number of rotatable bonds is 10. The molecule has 9 nitrogen and oxygen atoms in total. The van der Waals surface area contributed by atoms with Crippen molar-refractivity contribution in [1.82, 2.24) is 10.3 Å². The van der Waals surface area contributed by atoms with Crippen molar-refractivity contribution in [3.8, 4) is 17.2 Å². The number of oxazole rings is 1. The topological polar surface area (TPSA) is 103 Å². The van der Waals surface area contributed by atoms with Gasteiger partial charge in [-0.25, -0.2) is 0 Å². The van der Waals surface area contributed by atoms with Crippen molar-refractivity contribution in [2.45, 2.75) is 65.3 Å². The van der Waals surface area contributed by atoms with Crippen molar-refractivity contribution in [2.75, 3.05) is 24.2 Å². The Kier molecular flexibility index (Phi) is 7.94. The standard InChI is InChI=1S/C26H35N3O6S/c1-17(2)32-22-12-19(13-23(14-22)33-18(3)4)16-29(20-8-10-27-11-9-20)26-28-24-15-21(35-36(5,30)31)6-7-25(24)34-26/h6-7,12-15,17-18,20,27H,8-11,16H2,1-5H3. The normalized spacial score (nSPS) is 15.0. The van der Waals surface area contributed by atoms with Gasteiger partial charge in [0.1, 0.15) is 22.8 Å². The number of benzene rings is 2. The Morgan fingerprint density at radius 3 is 2.22 bits per heavy atom. The Balaban J connectivity index is 1.69. The first kappa shape index (κ1) is 26.1. The summed E-state index contributed by atoms with van der Waals surface area (Å²) in [5, 5.41) is 3.41. The van der Waals surface area contributed by atoms with Gasteiger partial charge in [-0.2, -0.15) is 13.4 Å². The minimum absolute atomic E-state index is 0.0352. The summed E-state index contributed by atoms with van der Waals surface area (Å²) >= 11 is 0. The molecular formula is C26H35N3O6S. The fraction of sp³-hybridized carbons (Fsp3) is 0.500. The van der Waals surface area contributed by atoms with Crippen LogP contribution in [0.4, 0.5) is 6.01 Å². The molecule has 0 saturated carbocycles. The summed E-state index contributed by atoms with van der Waals surface area (Å²) in [4.78, 5) is 6.89. The quantitative estimate of drug-likeness (QED) is 0.389. The number of ether oxygens (including phenoxy) is 2. The van der Waals surface area contributed by atoms with Crippen molar-refractivity contribution < 1.29 is 26.5 Å². The van der Waals surface area contributed by atoms with Crippen LogP contribution in [-0.4, -0.2) is 51.0 Å². The second-order valence-electron chi connectivity index (χ2n) is 9.67. The molecule has 0 radical (unpaired) electrons. The number of hydrogen-bond donors (Lipinski definition) is 1. The number of aromatic nitrogens is 1. The molecule has 4 rings (SSSR count). The highest BCUT2D eigenvalue weighted by Crippen LogP contribution is 2.32. The minimum Gasteiger partial charge on any atom is -0.491 e. The summed E-state index contributed by atoms with van der Waals surface area (Å²) in [5.74, 6) is 1.71. The monoisotopic (exact) mass is 517 g/mol. The summed E-state index contributed by atoms with van der Waals surface area (Å²) in [7, 11) is -3.64. The lowest BCUT2D eigenvalue weighted by atomic mass is 10.0.